The van der Waals surface area contributed by atoms with Gasteiger partial charge < -0.3 is 15.7 Å². The van der Waals surface area contributed by atoms with Crippen molar-refractivity contribution < 1.29 is 14.7 Å². The van der Waals surface area contributed by atoms with Crippen molar-refractivity contribution in [2.75, 3.05) is 13.1 Å². The van der Waals surface area contributed by atoms with E-state index in [0.29, 0.717) is 29.5 Å². The first kappa shape index (κ1) is 16.7. The maximum Gasteiger partial charge on any atom is 0.408 e. The lowest BCUT2D eigenvalue weighted by molar-refractivity contribution is 0.0603. The summed E-state index contributed by atoms with van der Waals surface area (Å²) in [6.07, 6.45) is 3.32. The van der Waals surface area contributed by atoms with Gasteiger partial charge >= 0.3 is 6.09 Å². The highest BCUT2D eigenvalue weighted by Crippen LogP contribution is 2.33. The van der Waals surface area contributed by atoms with Crippen molar-refractivity contribution in [1.29, 1.82) is 0 Å². The molecule has 2 aromatic rings. The summed E-state index contributed by atoms with van der Waals surface area (Å²) in [6.45, 7) is 0.781. The van der Waals surface area contributed by atoms with Gasteiger partial charge in [-0.3, -0.25) is 19.7 Å². The predicted octanol–water partition coefficient (Wildman–Crippen LogP) is 1.00. The minimum atomic E-state index is -1.09. The number of piperazine rings is 1. The summed E-state index contributed by atoms with van der Waals surface area (Å²) in [4.78, 5) is 38.1. The molecule has 1 saturated heterocycles. The Balaban J connectivity index is 1.71. The number of nitrogens with one attached hydrogen (secondary N) is 2. The third-order valence-corrected chi connectivity index (χ3v) is 4.83. The minimum absolute atomic E-state index is 0.231. The lowest BCUT2D eigenvalue weighted by Crippen LogP contribution is -2.58. The number of fused-ring (bicyclic) bond motifs is 1. The molecule has 26 heavy (non-hydrogen) atoms. The number of amides is 2. The fraction of sp³-hybridized carbons (Fsp3) is 0.312. The molecule has 3 atom stereocenters. The van der Waals surface area contributed by atoms with Crippen LogP contribution in [-0.2, 0) is 0 Å². The average molecular weight is 375 g/mol. The Morgan fingerprint density at radius 2 is 2.04 bits per heavy atom. The second-order valence-corrected chi connectivity index (χ2v) is 6.51. The lowest BCUT2D eigenvalue weighted by atomic mass is 9.98. The first-order chi connectivity index (χ1) is 12.6. The lowest BCUT2D eigenvalue weighted by Gasteiger charge is -2.42. The Labute approximate surface area is 153 Å². The molecule has 2 aliphatic rings. The number of halogens is 1. The zero-order chi connectivity index (χ0) is 18.3. The van der Waals surface area contributed by atoms with Crippen LogP contribution in [0.1, 0.15) is 34.0 Å². The van der Waals surface area contributed by atoms with E-state index in [2.05, 4.69) is 25.6 Å². The molecule has 9 nitrogen and oxygen atoms in total. The highest BCUT2D eigenvalue weighted by atomic mass is 35.5. The third kappa shape index (κ3) is 2.74. The number of carbonyl (C=O) groups excluding carboxylic acids is 1. The third-order valence-electron chi connectivity index (χ3n) is 4.60. The molecule has 3 unspecified atom stereocenters. The van der Waals surface area contributed by atoms with Crippen LogP contribution in [0.5, 0.6) is 0 Å². The molecular formula is C16H15ClN6O3. The molecule has 1 fully saturated rings. The van der Waals surface area contributed by atoms with Crippen LogP contribution < -0.4 is 10.6 Å². The highest BCUT2D eigenvalue weighted by Gasteiger charge is 2.45. The largest absolute Gasteiger partial charge is 0.465 e. The summed E-state index contributed by atoms with van der Waals surface area (Å²) in [5.74, 6) is -0.352. The molecule has 0 spiro atoms. The Hall–Kier alpha value is -2.78. The number of hydrogen-bond acceptors (Lipinski definition) is 6. The number of rotatable bonds is 2. The van der Waals surface area contributed by atoms with Crippen molar-refractivity contribution in [3.05, 3.63) is 52.8 Å². The number of carboxylic acid groups (broad SMARTS) is 1. The van der Waals surface area contributed by atoms with E-state index in [0.717, 1.165) is 0 Å². The number of aromatic nitrogens is 3. The van der Waals surface area contributed by atoms with Gasteiger partial charge in [-0.05, 0) is 12.1 Å². The monoisotopic (exact) mass is 374 g/mol. The van der Waals surface area contributed by atoms with E-state index in [-0.39, 0.29) is 11.6 Å². The van der Waals surface area contributed by atoms with E-state index in [4.69, 9.17) is 11.6 Å². The molecule has 2 amide bonds. The number of carbonyl (C=O) groups is 2. The quantitative estimate of drug-likeness (QED) is 0.717. The van der Waals surface area contributed by atoms with Crippen molar-refractivity contribution in [3.63, 3.8) is 0 Å². The summed E-state index contributed by atoms with van der Waals surface area (Å²) in [5.41, 5.74) is 1.27. The maximum absolute atomic E-state index is 12.2. The zero-order valence-electron chi connectivity index (χ0n) is 13.5. The van der Waals surface area contributed by atoms with Crippen molar-refractivity contribution in [2.45, 2.75) is 18.1 Å². The van der Waals surface area contributed by atoms with Crippen molar-refractivity contribution in [3.8, 4) is 0 Å². The van der Waals surface area contributed by atoms with Gasteiger partial charge in [-0.15, -0.1) is 0 Å². The fourth-order valence-electron chi connectivity index (χ4n) is 3.49. The van der Waals surface area contributed by atoms with Crippen LogP contribution in [-0.4, -0.2) is 56.1 Å². The molecule has 0 bridgehead atoms. The van der Waals surface area contributed by atoms with Crippen molar-refractivity contribution >= 4 is 23.6 Å². The molecule has 2 aromatic heterocycles. The van der Waals surface area contributed by atoms with Gasteiger partial charge in [0.15, 0.2) is 5.69 Å². The molecule has 3 N–H and O–H groups in total. The number of hydrogen-bond donors (Lipinski definition) is 3. The highest BCUT2D eigenvalue weighted by molar-refractivity contribution is 6.30. The van der Waals surface area contributed by atoms with E-state index in [1.165, 1.54) is 23.5 Å². The summed E-state index contributed by atoms with van der Waals surface area (Å²) >= 11 is 5.88. The van der Waals surface area contributed by atoms with Gasteiger partial charge in [0, 0.05) is 31.7 Å². The molecule has 2 aliphatic heterocycles. The van der Waals surface area contributed by atoms with Gasteiger partial charge in [0.05, 0.1) is 34.5 Å². The molecular weight excluding hydrogens is 360 g/mol. The molecule has 134 valence electrons. The number of nitrogens with zero attached hydrogens (tertiary/aromatic N) is 4. The van der Waals surface area contributed by atoms with E-state index in [1.807, 2.05) is 0 Å². The first-order valence-electron chi connectivity index (χ1n) is 8.01. The Kier molecular flexibility index (Phi) is 4.17. The fourth-order valence-corrected chi connectivity index (χ4v) is 3.60. The summed E-state index contributed by atoms with van der Waals surface area (Å²) < 4.78 is 0. The molecule has 0 radical (unpaired) electrons. The molecule has 0 aliphatic carbocycles. The van der Waals surface area contributed by atoms with E-state index in [9.17, 15) is 14.7 Å². The van der Waals surface area contributed by atoms with Gasteiger partial charge in [0.2, 0.25) is 0 Å². The second kappa shape index (κ2) is 6.50. The summed E-state index contributed by atoms with van der Waals surface area (Å²) in [7, 11) is 0. The minimum Gasteiger partial charge on any atom is -0.465 e. The van der Waals surface area contributed by atoms with Gasteiger partial charge in [0.25, 0.3) is 5.91 Å². The van der Waals surface area contributed by atoms with E-state index < -0.39 is 24.2 Å². The van der Waals surface area contributed by atoms with Crippen LogP contribution in [0, 0.1) is 0 Å². The van der Waals surface area contributed by atoms with Crippen molar-refractivity contribution in [1.82, 2.24) is 30.5 Å². The van der Waals surface area contributed by atoms with Crippen LogP contribution in [0.2, 0.25) is 5.02 Å². The van der Waals surface area contributed by atoms with Crippen LogP contribution in [0.15, 0.2) is 30.7 Å². The Morgan fingerprint density at radius 1 is 1.23 bits per heavy atom. The second-order valence-electron chi connectivity index (χ2n) is 6.07. The van der Waals surface area contributed by atoms with Gasteiger partial charge in [-0.1, -0.05) is 11.6 Å². The smallest absolute Gasteiger partial charge is 0.408 e. The standard InChI is InChI=1S/C16H15ClN6O3/c17-8-1-2-9(21-5-8)10-6-18-7-11(23(10)16(25)26)12-13-14(15(24)22-12)20-4-3-19-13/h1-5,10-12,18H,6-7H2,(H,22,24)(H,25,26). The van der Waals surface area contributed by atoms with E-state index in [1.54, 1.807) is 12.1 Å². The van der Waals surface area contributed by atoms with Crippen LogP contribution >= 0.6 is 11.6 Å². The summed E-state index contributed by atoms with van der Waals surface area (Å²) in [5, 5.41) is 16.4. The first-order valence-corrected chi connectivity index (χ1v) is 8.39. The maximum atomic E-state index is 12.2. The molecule has 0 aromatic carbocycles. The molecule has 4 heterocycles. The van der Waals surface area contributed by atoms with Gasteiger partial charge in [-0.2, -0.15) is 0 Å². The topological polar surface area (TPSA) is 120 Å². The molecule has 10 heteroatoms. The molecule has 4 rings (SSSR count). The Morgan fingerprint density at radius 3 is 2.77 bits per heavy atom. The predicted molar refractivity (Wildman–Crippen MR) is 90.7 cm³/mol. The van der Waals surface area contributed by atoms with Gasteiger partial charge in [-0.25, -0.2) is 9.78 Å². The van der Waals surface area contributed by atoms with Crippen LogP contribution in [0.3, 0.4) is 0 Å². The van der Waals surface area contributed by atoms with E-state index >= 15 is 0 Å². The zero-order valence-corrected chi connectivity index (χ0v) is 14.2. The van der Waals surface area contributed by atoms with Crippen LogP contribution in [0.4, 0.5) is 4.79 Å². The number of pyridine rings is 1. The average Bonchev–Trinajstić information content (AvgIpc) is 2.99. The normalized spacial score (nSPS) is 24.9. The SMILES string of the molecule is O=C1NC(C2CNCC(c3ccc(Cl)cn3)N2C(=O)O)c2nccnc21. The van der Waals surface area contributed by atoms with Crippen LogP contribution in [0.25, 0.3) is 0 Å². The van der Waals surface area contributed by atoms with Gasteiger partial charge in [0.1, 0.15) is 0 Å². The summed E-state index contributed by atoms with van der Waals surface area (Å²) in [6, 6.07) is 1.73. The Bertz CT molecular complexity index is 861. The van der Waals surface area contributed by atoms with Crippen molar-refractivity contribution in [2.24, 2.45) is 0 Å². The molecule has 0 saturated carbocycles.